The van der Waals surface area contributed by atoms with Crippen molar-refractivity contribution in [1.82, 2.24) is 0 Å². The van der Waals surface area contributed by atoms with Crippen LogP contribution in [0.2, 0.25) is 5.02 Å². The van der Waals surface area contributed by atoms with Crippen LogP contribution >= 0.6 is 11.6 Å². The largest absolute Gasteiger partial charge is 0.491 e. The number of halogens is 2. The van der Waals surface area contributed by atoms with Gasteiger partial charge in [0.25, 0.3) is 0 Å². The molecule has 0 radical (unpaired) electrons. The summed E-state index contributed by atoms with van der Waals surface area (Å²) >= 11 is 6.19. The molecule has 0 unspecified atom stereocenters. The van der Waals surface area contributed by atoms with Crippen LogP contribution in [0.5, 0.6) is 5.75 Å². The third-order valence-corrected chi connectivity index (χ3v) is 6.40. The van der Waals surface area contributed by atoms with Gasteiger partial charge in [0.1, 0.15) is 11.6 Å². The van der Waals surface area contributed by atoms with Crippen molar-refractivity contribution in [3.63, 3.8) is 0 Å². The molecule has 1 aromatic carbocycles. The van der Waals surface area contributed by atoms with Gasteiger partial charge in [0.05, 0.1) is 17.2 Å². The molecule has 1 aromatic rings. The summed E-state index contributed by atoms with van der Waals surface area (Å²) in [6.07, 6.45) is 7.89. The lowest BCUT2D eigenvalue weighted by Crippen LogP contribution is -2.48. The first-order chi connectivity index (χ1) is 10.9. The Bertz CT molecular complexity index is 620. The minimum atomic E-state index is -0.553. The maximum absolute atomic E-state index is 14.0. The van der Waals surface area contributed by atoms with E-state index in [-0.39, 0.29) is 16.8 Å². The first-order valence-corrected chi connectivity index (χ1v) is 8.95. The fraction of sp³-hybridized carbons (Fsp3) is 0.632. The van der Waals surface area contributed by atoms with Gasteiger partial charge in [-0.1, -0.05) is 11.6 Å². The monoisotopic (exact) mass is 336 g/mol. The van der Waals surface area contributed by atoms with Crippen LogP contribution in [0.15, 0.2) is 12.1 Å². The van der Waals surface area contributed by atoms with E-state index in [9.17, 15) is 9.18 Å². The van der Waals surface area contributed by atoms with Crippen LogP contribution < -0.4 is 4.74 Å². The molecule has 0 aromatic heterocycles. The van der Waals surface area contributed by atoms with Crippen molar-refractivity contribution in [3.8, 4) is 5.75 Å². The zero-order valence-corrected chi connectivity index (χ0v) is 14.2. The smallest absolute Gasteiger partial charge is 0.162 e. The maximum atomic E-state index is 14.0. The van der Waals surface area contributed by atoms with Crippen LogP contribution in [0.25, 0.3) is 0 Å². The summed E-state index contributed by atoms with van der Waals surface area (Å²) in [7, 11) is 0. The molecule has 2 nitrogen and oxygen atoms in total. The highest BCUT2D eigenvalue weighted by Crippen LogP contribution is 2.60. The molecule has 4 saturated carbocycles. The highest BCUT2D eigenvalue weighted by molar-refractivity contribution is 6.32. The fourth-order valence-electron chi connectivity index (χ4n) is 5.61. The highest BCUT2D eigenvalue weighted by atomic mass is 35.5. The van der Waals surface area contributed by atoms with Crippen molar-refractivity contribution in [2.45, 2.75) is 45.4 Å². The summed E-state index contributed by atoms with van der Waals surface area (Å²) in [6.45, 7) is 1.96. The topological polar surface area (TPSA) is 26.3 Å². The quantitative estimate of drug-likeness (QED) is 0.699. The first kappa shape index (κ1) is 15.4. The van der Waals surface area contributed by atoms with Gasteiger partial charge in [0.15, 0.2) is 5.78 Å². The molecule has 124 valence electrons. The molecule has 4 aliphatic rings. The third-order valence-electron chi connectivity index (χ3n) is 6.10. The lowest BCUT2D eigenvalue weighted by Gasteiger charge is -2.56. The third kappa shape index (κ3) is 2.77. The Morgan fingerprint density at radius 2 is 1.78 bits per heavy atom. The minimum Gasteiger partial charge on any atom is -0.491 e. The van der Waals surface area contributed by atoms with Crippen molar-refractivity contribution < 1.29 is 13.9 Å². The zero-order chi connectivity index (χ0) is 16.2. The van der Waals surface area contributed by atoms with E-state index < -0.39 is 5.82 Å². The Balaban J connectivity index is 1.51. The van der Waals surface area contributed by atoms with Gasteiger partial charge in [-0.05, 0) is 69.3 Å². The number of rotatable bonds is 4. The van der Waals surface area contributed by atoms with E-state index in [0.717, 1.165) is 17.8 Å². The zero-order valence-electron chi connectivity index (χ0n) is 13.4. The van der Waals surface area contributed by atoms with Gasteiger partial charge in [-0.25, -0.2) is 4.39 Å². The average molecular weight is 337 g/mol. The van der Waals surface area contributed by atoms with Crippen LogP contribution in [-0.4, -0.2) is 12.4 Å². The van der Waals surface area contributed by atoms with Crippen molar-refractivity contribution in [1.29, 1.82) is 0 Å². The molecule has 4 aliphatic carbocycles. The van der Waals surface area contributed by atoms with Crippen molar-refractivity contribution in [2.24, 2.45) is 23.2 Å². The molecule has 4 bridgehead atoms. The second kappa shape index (κ2) is 5.47. The summed E-state index contributed by atoms with van der Waals surface area (Å²) < 4.78 is 20.0. The number of carbonyl (C=O) groups excluding carboxylic acids is 1. The summed E-state index contributed by atoms with van der Waals surface area (Å²) in [5.41, 5.74) is 0.283. The Kier molecular flexibility index (Phi) is 3.67. The molecule has 0 atom stereocenters. The first-order valence-electron chi connectivity index (χ1n) is 8.57. The summed E-state index contributed by atoms with van der Waals surface area (Å²) in [4.78, 5) is 11.4. The van der Waals surface area contributed by atoms with Crippen LogP contribution in [0.1, 0.15) is 55.8 Å². The molecule has 5 rings (SSSR count). The molecule has 0 amide bonds. The van der Waals surface area contributed by atoms with Gasteiger partial charge in [-0.15, -0.1) is 0 Å². The lowest BCUT2D eigenvalue weighted by atomic mass is 9.50. The van der Waals surface area contributed by atoms with Gasteiger partial charge < -0.3 is 4.74 Å². The van der Waals surface area contributed by atoms with Crippen LogP contribution in [-0.2, 0) is 0 Å². The molecule has 0 spiro atoms. The predicted molar refractivity (Wildman–Crippen MR) is 87.5 cm³/mol. The van der Waals surface area contributed by atoms with E-state index >= 15 is 0 Å². The van der Waals surface area contributed by atoms with Gasteiger partial charge in [-0.3, -0.25) is 4.79 Å². The van der Waals surface area contributed by atoms with Gasteiger partial charge in [0.2, 0.25) is 0 Å². The predicted octanol–water partition coefficient (Wildman–Crippen LogP) is 5.28. The Morgan fingerprint density at radius 3 is 2.30 bits per heavy atom. The highest BCUT2D eigenvalue weighted by Gasteiger charge is 2.51. The van der Waals surface area contributed by atoms with Gasteiger partial charge >= 0.3 is 0 Å². The summed E-state index contributed by atoms with van der Waals surface area (Å²) in [6, 6.07) is 2.65. The van der Waals surface area contributed by atoms with E-state index in [1.165, 1.54) is 57.6 Å². The number of carbonyl (C=O) groups is 1. The second-order valence-corrected chi connectivity index (χ2v) is 8.43. The SMILES string of the molecule is CC(=O)c1cc(Cl)c(OCC23CC4CC(CC(C4)C2)C3)cc1F. The van der Waals surface area contributed by atoms with Crippen LogP contribution in [0.3, 0.4) is 0 Å². The second-order valence-electron chi connectivity index (χ2n) is 8.02. The van der Waals surface area contributed by atoms with E-state index in [2.05, 4.69) is 0 Å². The van der Waals surface area contributed by atoms with Crippen LogP contribution in [0.4, 0.5) is 4.39 Å². The van der Waals surface area contributed by atoms with Crippen molar-refractivity contribution in [3.05, 3.63) is 28.5 Å². The van der Waals surface area contributed by atoms with E-state index in [1.54, 1.807) is 0 Å². The van der Waals surface area contributed by atoms with Crippen LogP contribution in [0, 0.1) is 29.0 Å². The molecular formula is C19H22ClFO2. The number of hydrogen-bond acceptors (Lipinski definition) is 2. The molecule has 0 aliphatic heterocycles. The Hall–Kier alpha value is -1.09. The average Bonchev–Trinajstić information content (AvgIpc) is 2.46. The number of ether oxygens (including phenoxy) is 1. The molecule has 0 heterocycles. The lowest BCUT2D eigenvalue weighted by molar-refractivity contribution is -0.0745. The van der Waals surface area contributed by atoms with E-state index in [1.807, 2.05) is 0 Å². The molecule has 0 saturated heterocycles. The molecular weight excluding hydrogens is 315 g/mol. The van der Waals surface area contributed by atoms with Crippen molar-refractivity contribution in [2.75, 3.05) is 6.61 Å². The number of Topliss-reactive ketones (excluding diaryl/α,β-unsaturated/α-hetero) is 1. The standard InChI is InChI=1S/C19H22ClFO2/c1-11(22)15-5-16(20)18(6-17(15)21)23-10-19-7-12-2-13(8-19)4-14(3-12)9-19/h5-6,12-14H,2-4,7-10H2,1H3. The maximum Gasteiger partial charge on any atom is 0.162 e. The number of ketones is 1. The Morgan fingerprint density at radius 1 is 1.22 bits per heavy atom. The van der Waals surface area contributed by atoms with E-state index in [0.29, 0.717) is 17.4 Å². The number of benzene rings is 1. The summed E-state index contributed by atoms with van der Waals surface area (Å²) in [5.74, 6) is 2.07. The van der Waals surface area contributed by atoms with Gasteiger partial charge in [0, 0.05) is 11.5 Å². The molecule has 0 N–H and O–H groups in total. The normalized spacial score (nSPS) is 34.7. The van der Waals surface area contributed by atoms with Crippen molar-refractivity contribution >= 4 is 17.4 Å². The number of hydrogen-bond donors (Lipinski definition) is 0. The fourth-order valence-corrected chi connectivity index (χ4v) is 5.82. The van der Waals surface area contributed by atoms with E-state index in [4.69, 9.17) is 16.3 Å². The Labute approximate surface area is 141 Å². The molecule has 4 fully saturated rings. The summed E-state index contributed by atoms with van der Waals surface area (Å²) in [5, 5.41) is 0.321. The molecule has 23 heavy (non-hydrogen) atoms. The van der Waals surface area contributed by atoms with Gasteiger partial charge in [-0.2, -0.15) is 0 Å². The molecule has 4 heteroatoms. The minimum absolute atomic E-state index is 0.0251.